The first-order valence-electron chi connectivity index (χ1n) is 8.81. The Hall–Kier alpha value is -1.65. The fourth-order valence-corrected chi connectivity index (χ4v) is 3.84. The van der Waals surface area contributed by atoms with E-state index in [1.807, 2.05) is 6.07 Å². The van der Waals surface area contributed by atoms with Crippen LogP contribution in [0, 0.1) is 0 Å². The Labute approximate surface area is 138 Å². The lowest BCUT2D eigenvalue weighted by atomic mass is 9.89. The minimum absolute atomic E-state index is 0.125. The molecule has 3 rings (SSSR count). The van der Waals surface area contributed by atoms with Crippen molar-refractivity contribution < 1.29 is 20.2 Å². The predicted octanol–water partition coefficient (Wildman–Crippen LogP) is 0.973. The van der Waals surface area contributed by atoms with Gasteiger partial charge in [0.25, 0.3) is 0 Å². The molecule has 2 unspecified atom stereocenters. The number of hydrogen-bond donors (Lipinski definition) is 2. The number of allylic oxidation sites excluding steroid dienone is 1. The Morgan fingerprint density at radius 2 is 2.13 bits per heavy atom. The Morgan fingerprint density at radius 1 is 1.30 bits per heavy atom. The summed E-state index contributed by atoms with van der Waals surface area (Å²) in [6, 6.07) is 8.32. The summed E-state index contributed by atoms with van der Waals surface area (Å²) in [5.74, 6) is -0.263. The number of quaternary nitrogens is 2. The Kier molecular flexibility index (Phi) is 5.47. The summed E-state index contributed by atoms with van der Waals surface area (Å²) >= 11 is 0. The maximum absolute atomic E-state index is 12.0. The van der Waals surface area contributed by atoms with Gasteiger partial charge in [0.05, 0.1) is 25.8 Å². The topological polar surface area (TPSA) is 59.5 Å². The Morgan fingerprint density at radius 3 is 2.87 bits per heavy atom. The van der Waals surface area contributed by atoms with Gasteiger partial charge in [-0.25, -0.2) is 0 Å². The van der Waals surface area contributed by atoms with Gasteiger partial charge in [0.15, 0.2) is 0 Å². The van der Waals surface area contributed by atoms with Gasteiger partial charge < -0.3 is 4.74 Å². The summed E-state index contributed by atoms with van der Waals surface area (Å²) in [6.45, 7) is 1.89. The molecule has 2 atom stereocenters. The fourth-order valence-electron chi connectivity index (χ4n) is 3.84. The molecule has 1 heterocycles. The number of benzene rings is 1. The number of rotatable bonds is 5. The molecule has 1 aliphatic heterocycles. The molecule has 0 amide bonds. The summed E-state index contributed by atoms with van der Waals surface area (Å²) in [5.41, 5.74) is 4.04. The first-order valence-corrected chi connectivity index (χ1v) is 8.81. The molecule has 4 nitrogen and oxygen atoms in total. The van der Waals surface area contributed by atoms with E-state index in [0.717, 1.165) is 18.7 Å². The van der Waals surface area contributed by atoms with Crippen LogP contribution in [0.15, 0.2) is 35.9 Å². The molecular formula is C19H28N2O2+2. The molecular weight excluding hydrogens is 288 g/mol. The highest BCUT2D eigenvalue weighted by atomic mass is 16.5. The quantitative estimate of drug-likeness (QED) is 0.628. The van der Waals surface area contributed by atoms with E-state index in [1.54, 1.807) is 5.57 Å². The normalized spacial score (nSPS) is 23.8. The van der Waals surface area contributed by atoms with Gasteiger partial charge in [0.2, 0.25) is 6.17 Å². The SMILES string of the molecule is COC(=O)C1C[NH2+]C([NH2+]CCC2=CCCCC2)c2ccccc21. The van der Waals surface area contributed by atoms with E-state index in [4.69, 9.17) is 4.74 Å². The van der Waals surface area contributed by atoms with Crippen LogP contribution in [0.1, 0.15) is 55.3 Å². The maximum atomic E-state index is 12.0. The van der Waals surface area contributed by atoms with Crippen LogP contribution >= 0.6 is 0 Å². The lowest BCUT2D eigenvalue weighted by Crippen LogP contribution is -3.07. The van der Waals surface area contributed by atoms with E-state index < -0.39 is 0 Å². The fraction of sp³-hybridized carbons (Fsp3) is 0.526. The van der Waals surface area contributed by atoms with Crippen molar-refractivity contribution in [3.8, 4) is 0 Å². The molecule has 2 aliphatic rings. The number of carbonyl (C=O) groups is 1. The Balaban J connectivity index is 1.64. The van der Waals surface area contributed by atoms with Crippen LogP contribution in [-0.2, 0) is 9.53 Å². The van der Waals surface area contributed by atoms with Crippen molar-refractivity contribution in [3.63, 3.8) is 0 Å². The zero-order chi connectivity index (χ0) is 16.1. The van der Waals surface area contributed by atoms with Crippen LogP contribution in [-0.4, -0.2) is 26.2 Å². The smallest absolute Gasteiger partial charge is 0.318 e. The molecule has 23 heavy (non-hydrogen) atoms. The second-order valence-electron chi connectivity index (χ2n) is 6.58. The van der Waals surface area contributed by atoms with Crippen molar-refractivity contribution >= 4 is 5.97 Å². The molecule has 1 aromatic carbocycles. The molecule has 4 heteroatoms. The van der Waals surface area contributed by atoms with E-state index in [9.17, 15) is 4.79 Å². The minimum atomic E-state index is -0.137. The summed E-state index contributed by atoms with van der Waals surface area (Å²) in [6.07, 6.45) is 9.22. The van der Waals surface area contributed by atoms with Gasteiger partial charge >= 0.3 is 5.97 Å². The molecule has 1 aromatic rings. The van der Waals surface area contributed by atoms with Crippen molar-refractivity contribution in [3.05, 3.63) is 47.0 Å². The van der Waals surface area contributed by atoms with E-state index in [2.05, 4.69) is 34.9 Å². The summed E-state index contributed by atoms with van der Waals surface area (Å²) in [4.78, 5) is 12.0. The van der Waals surface area contributed by atoms with Crippen LogP contribution < -0.4 is 10.6 Å². The van der Waals surface area contributed by atoms with Crippen LogP contribution in [0.4, 0.5) is 0 Å². The van der Waals surface area contributed by atoms with Crippen LogP contribution in [0.25, 0.3) is 0 Å². The molecule has 0 aromatic heterocycles. The molecule has 0 bridgehead atoms. The highest BCUT2D eigenvalue weighted by Crippen LogP contribution is 2.25. The molecule has 1 aliphatic carbocycles. The van der Waals surface area contributed by atoms with Gasteiger partial charge in [-0.05, 0) is 37.3 Å². The average molecular weight is 316 g/mol. The van der Waals surface area contributed by atoms with Crippen LogP contribution in [0.3, 0.4) is 0 Å². The number of nitrogens with two attached hydrogens (primary N) is 2. The Bertz CT molecular complexity index is 582. The van der Waals surface area contributed by atoms with Gasteiger partial charge in [0, 0.05) is 6.42 Å². The molecule has 0 saturated heterocycles. The minimum Gasteiger partial charge on any atom is -0.468 e. The summed E-state index contributed by atoms with van der Waals surface area (Å²) in [5, 5.41) is 4.70. The van der Waals surface area contributed by atoms with Gasteiger partial charge in [-0.3, -0.25) is 15.4 Å². The average Bonchev–Trinajstić information content (AvgIpc) is 2.62. The van der Waals surface area contributed by atoms with Crippen molar-refractivity contribution in [1.82, 2.24) is 0 Å². The van der Waals surface area contributed by atoms with E-state index in [1.165, 1.54) is 44.8 Å². The lowest BCUT2D eigenvalue weighted by Gasteiger charge is -2.27. The number of ether oxygens (including phenoxy) is 1. The number of carbonyl (C=O) groups excluding carboxylic acids is 1. The van der Waals surface area contributed by atoms with Gasteiger partial charge in [-0.2, -0.15) is 0 Å². The van der Waals surface area contributed by atoms with Crippen molar-refractivity contribution in [2.45, 2.75) is 44.2 Å². The highest BCUT2D eigenvalue weighted by molar-refractivity contribution is 5.78. The van der Waals surface area contributed by atoms with Crippen molar-refractivity contribution in [2.24, 2.45) is 0 Å². The van der Waals surface area contributed by atoms with E-state index in [-0.39, 0.29) is 11.9 Å². The van der Waals surface area contributed by atoms with E-state index >= 15 is 0 Å². The molecule has 124 valence electrons. The third-order valence-electron chi connectivity index (χ3n) is 5.11. The molecule has 0 spiro atoms. The second-order valence-corrected chi connectivity index (χ2v) is 6.58. The zero-order valence-electron chi connectivity index (χ0n) is 14.0. The first kappa shape index (κ1) is 16.2. The third kappa shape index (κ3) is 3.82. The lowest BCUT2D eigenvalue weighted by molar-refractivity contribution is -0.915. The summed E-state index contributed by atoms with van der Waals surface area (Å²) < 4.78 is 4.97. The van der Waals surface area contributed by atoms with Crippen LogP contribution in [0.2, 0.25) is 0 Å². The predicted molar refractivity (Wildman–Crippen MR) is 88.7 cm³/mol. The number of methoxy groups -OCH3 is 1. The molecule has 0 radical (unpaired) electrons. The van der Waals surface area contributed by atoms with E-state index in [0.29, 0.717) is 6.17 Å². The highest BCUT2D eigenvalue weighted by Gasteiger charge is 2.36. The number of esters is 1. The van der Waals surface area contributed by atoms with Gasteiger partial charge in [0.1, 0.15) is 5.92 Å². The van der Waals surface area contributed by atoms with Crippen molar-refractivity contribution in [2.75, 3.05) is 20.2 Å². The monoisotopic (exact) mass is 316 g/mol. The van der Waals surface area contributed by atoms with Crippen molar-refractivity contribution in [1.29, 1.82) is 0 Å². The number of hydrogen-bond acceptors (Lipinski definition) is 2. The molecule has 4 N–H and O–H groups in total. The standard InChI is InChI=1S/C19H26N2O2/c1-23-19(22)17-13-21-18(16-10-6-5-9-15(16)17)20-12-11-14-7-3-2-4-8-14/h5-7,9-10,17-18,20-21H,2-4,8,11-13H2,1H3/p+2. The van der Waals surface area contributed by atoms with Gasteiger partial charge in [-0.1, -0.05) is 29.8 Å². The summed E-state index contributed by atoms with van der Waals surface area (Å²) in [7, 11) is 1.47. The molecule has 0 fully saturated rings. The van der Waals surface area contributed by atoms with Crippen LogP contribution in [0.5, 0.6) is 0 Å². The largest absolute Gasteiger partial charge is 0.468 e. The first-order chi connectivity index (χ1) is 11.3. The second kappa shape index (κ2) is 7.75. The third-order valence-corrected chi connectivity index (χ3v) is 5.11. The number of fused-ring (bicyclic) bond motifs is 1. The molecule has 0 saturated carbocycles. The maximum Gasteiger partial charge on any atom is 0.318 e. The van der Waals surface area contributed by atoms with Gasteiger partial charge in [-0.15, -0.1) is 0 Å². The zero-order valence-corrected chi connectivity index (χ0v) is 14.0.